The highest BCUT2D eigenvalue weighted by molar-refractivity contribution is 9.10. The Balaban J connectivity index is 2.27. The van der Waals surface area contributed by atoms with Gasteiger partial charge in [0.15, 0.2) is 0 Å². The molecule has 2 rings (SSSR count). The molecule has 1 fully saturated rings. The van der Waals surface area contributed by atoms with Crippen molar-refractivity contribution in [2.75, 3.05) is 12.3 Å². The summed E-state index contributed by atoms with van der Waals surface area (Å²) >= 11 is 3.03. The number of nitrogens with one attached hydrogen (secondary N) is 1. The molecule has 1 saturated carbocycles. The van der Waals surface area contributed by atoms with Crippen LogP contribution in [0, 0.1) is 11.7 Å². The van der Waals surface area contributed by atoms with Crippen molar-refractivity contribution in [3.8, 4) is 0 Å². The lowest BCUT2D eigenvalue weighted by molar-refractivity contribution is 0.576. The highest BCUT2D eigenvalue weighted by atomic mass is 79.9. The number of hydrogen-bond acceptors (Lipinski definition) is 3. The van der Waals surface area contributed by atoms with Crippen molar-refractivity contribution in [1.82, 2.24) is 4.72 Å². The van der Waals surface area contributed by atoms with Crippen LogP contribution in [0.25, 0.3) is 0 Å². The van der Waals surface area contributed by atoms with Crippen molar-refractivity contribution in [2.45, 2.75) is 17.7 Å². The summed E-state index contributed by atoms with van der Waals surface area (Å²) in [4.78, 5) is -0.0305. The van der Waals surface area contributed by atoms with Crippen LogP contribution < -0.4 is 10.5 Å². The minimum absolute atomic E-state index is 0.0305. The number of halogens is 2. The maximum atomic E-state index is 13.1. The lowest BCUT2D eigenvalue weighted by atomic mass is 10.3. The Bertz CT molecular complexity index is 543. The van der Waals surface area contributed by atoms with Gasteiger partial charge in [-0.15, -0.1) is 0 Å². The molecule has 0 atom stereocenters. The first kappa shape index (κ1) is 12.8. The Labute approximate surface area is 108 Å². The highest BCUT2D eigenvalue weighted by Crippen LogP contribution is 2.30. The van der Waals surface area contributed by atoms with Gasteiger partial charge in [0, 0.05) is 11.0 Å². The molecule has 0 aliphatic heterocycles. The van der Waals surface area contributed by atoms with Gasteiger partial charge in [-0.1, -0.05) is 0 Å². The van der Waals surface area contributed by atoms with Crippen LogP contribution in [0.1, 0.15) is 12.8 Å². The van der Waals surface area contributed by atoms with Crippen LogP contribution >= 0.6 is 15.9 Å². The second-order valence-electron chi connectivity index (χ2n) is 4.10. The van der Waals surface area contributed by atoms with Crippen molar-refractivity contribution in [1.29, 1.82) is 0 Å². The van der Waals surface area contributed by atoms with E-state index in [0.717, 1.165) is 25.0 Å². The van der Waals surface area contributed by atoms with E-state index in [1.165, 1.54) is 0 Å². The van der Waals surface area contributed by atoms with Gasteiger partial charge in [-0.05, 0) is 46.8 Å². The van der Waals surface area contributed by atoms with Crippen molar-refractivity contribution >= 4 is 31.6 Å². The zero-order valence-corrected chi connectivity index (χ0v) is 11.3. The average Bonchev–Trinajstić information content (AvgIpc) is 3.04. The first-order valence-corrected chi connectivity index (χ1v) is 7.42. The zero-order chi connectivity index (χ0) is 12.6. The van der Waals surface area contributed by atoms with Gasteiger partial charge in [0.25, 0.3) is 0 Å². The molecule has 1 aliphatic rings. The third-order valence-electron chi connectivity index (χ3n) is 2.60. The summed E-state index contributed by atoms with van der Waals surface area (Å²) in [5, 5.41) is 0. The molecule has 1 aromatic carbocycles. The molecule has 1 aromatic rings. The second-order valence-corrected chi connectivity index (χ2v) is 6.69. The third kappa shape index (κ3) is 2.97. The largest absolute Gasteiger partial charge is 0.396 e. The topological polar surface area (TPSA) is 72.2 Å². The predicted molar refractivity (Wildman–Crippen MR) is 66.4 cm³/mol. The van der Waals surface area contributed by atoms with Crippen LogP contribution in [-0.4, -0.2) is 15.0 Å². The third-order valence-corrected chi connectivity index (χ3v) is 4.98. The molecular weight excluding hydrogens is 311 g/mol. The lowest BCUT2D eigenvalue weighted by Crippen LogP contribution is -2.26. The van der Waals surface area contributed by atoms with Crippen molar-refractivity contribution in [3.05, 3.63) is 22.4 Å². The summed E-state index contributed by atoms with van der Waals surface area (Å²) in [5.74, 6) is -0.209. The van der Waals surface area contributed by atoms with Gasteiger partial charge in [0.2, 0.25) is 10.0 Å². The zero-order valence-electron chi connectivity index (χ0n) is 8.91. The van der Waals surface area contributed by atoms with Crippen LogP contribution in [0.15, 0.2) is 21.5 Å². The van der Waals surface area contributed by atoms with Gasteiger partial charge >= 0.3 is 0 Å². The second kappa shape index (κ2) is 4.55. The molecule has 0 aromatic heterocycles. The minimum atomic E-state index is -3.63. The van der Waals surface area contributed by atoms with Crippen molar-refractivity contribution < 1.29 is 12.8 Å². The van der Waals surface area contributed by atoms with E-state index in [0.29, 0.717) is 12.5 Å². The lowest BCUT2D eigenvalue weighted by Gasteiger charge is -2.09. The fourth-order valence-electron chi connectivity index (χ4n) is 1.38. The van der Waals surface area contributed by atoms with Crippen molar-refractivity contribution in [3.63, 3.8) is 0 Å². The first-order valence-electron chi connectivity index (χ1n) is 5.14. The summed E-state index contributed by atoms with van der Waals surface area (Å²) in [6.45, 7) is 0.423. The van der Waals surface area contributed by atoms with Crippen LogP contribution in [-0.2, 0) is 10.0 Å². The SMILES string of the molecule is Nc1cc(S(=O)(=O)NCC2CC2)c(Br)cc1F. The van der Waals surface area contributed by atoms with Crippen LogP contribution in [0.5, 0.6) is 0 Å². The highest BCUT2D eigenvalue weighted by Gasteiger charge is 2.25. The summed E-state index contributed by atoms with van der Waals surface area (Å²) in [6, 6.07) is 2.18. The summed E-state index contributed by atoms with van der Waals surface area (Å²) < 4.78 is 39.6. The van der Waals surface area contributed by atoms with Crippen molar-refractivity contribution in [2.24, 2.45) is 5.92 Å². The van der Waals surface area contributed by atoms with Gasteiger partial charge in [0.1, 0.15) is 5.82 Å². The molecule has 0 amide bonds. The summed E-state index contributed by atoms with van der Waals surface area (Å²) in [7, 11) is -3.63. The van der Waals surface area contributed by atoms with E-state index in [4.69, 9.17) is 5.73 Å². The molecule has 4 nitrogen and oxygen atoms in total. The molecule has 7 heteroatoms. The molecule has 0 bridgehead atoms. The Morgan fingerprint density at radius 1 is 1.47 bits per heavy atom. The van der Waals surface area contributed by atoms with E-state index in [1.54, 1.807) is 0 Å². The fraction of sp³-hybridized carbons (Fsp3) is 0.400. The van der Waals surface area contributed by atoms with Gasteiger partial charge in [-0.25, -0.2) is 17.5 Å². The molecule has 0 heterocycles. The molecule has 0 spiro atoms. The number of anilines is 1. The molecule has 3 N–H and O–H groups in total. The minimum Gasteiger partial charge on any atom is -0.396 e. The summed E-state index contributed by atoms with van der Waals surface area (Å²) in [6.07, 6.45) is 2.10. The maximum absolute atomic E-state index is 13.1. The van der Waals surface area contributed by atoms with E-state index < -0.39 is 15.8 Å². The average molecular weight is 323 g/mol. The monoisotopic (exact) mass is 322 g/mol. The standard InChI is InChI=1S/C10H12BrFN2O2S/c11-7-3-8(12)9(13)4-10(7)17(15,16)14-5-6-1-2-6/h3-4,6,14H,1-2,5,13H2. The quantitative estimate of drug-likeness (QED) is 0.831. The Kier molecular flexibility index (Phi) is 3.42. The number of nitrogen functional groups attached to an aromatic ring is 1. The smallest absolute Gasteiger partial charge is 0.241 e. The maximum Gasteiger partial charge on any atom is 0.241 e. The molecule has 0 radical (unpaired) electrons. The molecule has 0 unspecified atom stereocenters. The summed E-state index contributed by atoms with van der Waals surface area (Å²) in [5.41, 5.74) is 5.19. The fourth-order valence-corrected chi connectivity index (χ4v) is 3.54. The van der Waals surface area contributed by atoms with Gasteiger partial charge in [0.05, 0.1) is 10.6 Å². The Hall–Kier alpha value is -0.660. The Morgan fingerprint density at radius 3 is 2.71 bits per heavy atom. The molecular formula is C10H12BrFN2O2S. The van der Waals surface area contributed by atoms with Crippen LogP contribution in [0.4, 0.5) is 10.1 Å². The number of hydrogen-bond donors (Lipinski definition) is 2. The molecule has 17 heavy (non-hydrogen) atoms. The number of sulfonamides is 1. The van der Waals surface area contributed by atoms with Gasteiger partial charge < -0.3 is 5.73 Å². The van der Waals surface area contributed by atoms with E-state index in [2.05, 4.69) is 20.7 Å². The van der Waals surface area contributed by atoms with E-state index in [1.807, 2.05) is 0 Å². The predicted octanol–water partition coefficient (Wildman–Crippen LogP) is 1.86. The molecule has 0 saturated heterocycles. The number of nitrogens with two attached hydrogens (primary N) is 1. The first-order chi connectivity index (χ1) is 7.90. The van der Waals surface area contributed by atoms with Gasteiger partial charge in [-0.3, -0.25) is 0 Å². The normalized spacial score (nSPS) is 16.1. The number of rotatable bonds is 4. The van der Waals surface area contributed by atoms with Crippen LogP contribution in [0.3, 0.4) is 0 Å². The van der Waals surface area contributed by atoms with E-state index in [-0.39, 0.29) is 15.1 Å². The number of benzene rings is 1. The molecule has 1 aliphatic carbocycles. The van der Waals surface area contributed by atoms with Crippen LogP contribution in [0.2, 0.25) is 0 Å². The van der Waals surface area contributed by atoms with E-state index >= 15 is 0 Å². The molecule has 94 valence electrons. The Morgan fingerprint density at radius 2 is 2.12 bits per heavy atom. The van der Waals surface area contributed by atoms with Gasteiger partial charge in [-0.2, -0.15) is 0 Å². The van der Waals surface area contributed by atoms with E-state index in [9.17, 15) is 12.8 Å².